The average Bonchev–Trinajstić information content (AvgIpc) is 2.89. The highest BCUT2D eigenvalue weighted by Gasteiger charge is 2.26. The van der Waals surface area contributed by atoms with Crippen LogP contribution < -0.4 is 5.32 Å². The molecule has 0 radical (unpaired) electrons. The van der Waals surface area contributed by atoms with Gasteiger partial charge in [-0.3, -0.25) is 0 Å². The first-order valence-corrected chi connectivity index (χ1v) is 7.94. The van der Waals surface area contributed by atoms with Gasteiger partial charge in [-0.05, 0) is 66.5 Å². The first-order chi connectivity index (χ1) is 10.3. The van der Waals surface area contributed by atoms with Crippen molar-refractivity contribution in [2.45, 2.75) is 44.2 Å². The first-order valence-electron chi connectivity index (χ1n) is 7.94. The summed E-state index contributed by atoms with van der Waals surface area (Å²) in [7, 11) is 0. The van der Waals surface area contributed by atoms with Gasteiger partial charge in [-0.25, -0.2) is 0 Å². The lowest BCUT2D eigenvalue weighted by Gasteiger charge is -2.29. The van der Waals surface area contributed by atoms with E-state index >= 15 is 0 Å². The molecule has 0 fully saturated rings. The minimum atomic E-state index is 0.391. The van der Waals surface area contributed by atoms with Crippen LogP contribution >= 0.6 is 0 Å². The van der Waals surface area contributed by atoms with Crippen molar-refractivity contribution in [2.75, 3.05) is 0 Å². The standard InChI is InChI=1S/C19H21NO/c21-17-8-9-18-15(12-17)6-3-7-19(18)20-16-10-13-4-1-2-5-14(13)11-16/h1-2,4-5,8-9,12,16,19-21H,3,6-7,10-11H2. The van der Waals surface area contributed by atoms with E-state index in [4.69, 9.17) is 0 Å². The predicted molar refractivity (Wildman–Crippen MR) is 84.6 cm³/mol. The van der Waals surface area contributed by atoms with Crippen LogP contribution in [-0.2, 0) is 19.3 Å². The molecular weight excluding hydrogens is 258 g/mol. The molecular formula is C19H21NO. The predicted octanol–water partition coefficient (Wildman–Crippen LogP) is 3.53. The van der Waals surface area contributed by atoms with Crippen molar-refractivity contribution in [1.82, 2.24) is 5.32 Å². The summed E-state index contributed by atoms with van der Waals surface area (Å²) >= 11 is 0. The van der Waals surface area contributed by atoms with Crippen LogP contribution in [0.1, 0.15) is 41.1 Å². The third-order valence-corrected chi connectivity index (χ3v) is 4.93. The second-order valence-electron chi connectivity index (χ2n) is 6.37. The Hall–Kier alpha value is -1.80. The van der Waals surface area contributed by atoms with E-state index in [9.17, 15) is 5.11 Å². The van der Waals surface area contributed by atoms with E-state index in [1.54, 1.807) is 0 Å². The molecule has 0 saturated carbocycles. The second kappa shape index (κ2) is 5.19. The van der Waals surface area contributed by atoms with Crippen LogP contribution in [0, 0.1) is 0 Å². The Labute approximate surface area is 125 Å². The average molecular weight is 279 g/mol. The van der Waals surface area contributed by atoms with Crippen molar-refractivity contribution in [1.29, 1.82) is 0 Å². The first kappa shape index (κ1) is 12.9. The fourth-order valence-corrected chi connectivity index (χ4v) is 3.94. The largest absolute Gasteiger partial charge is 0.508 e. The molecule has 2 nitrogen and oxygen atoms in total. The Morgan fingerprint density at radius 1 is 0.952 bits per heavy atom. The van der Waals surface area contributed by atoms with Crippen LogP contribution in [0.15, 0.2) is 42.5 Å². The lowest BCUT2D eigenvalue weighted by Crippen LogP contribution is -2.35. The van der Waals surface area contributed by atoms with Gasteiger partial charge in [0.1, 0.15) is 5.75 Å². The molecule has 4 rings (SSSR count). The Kier molecular flexibility index (Phi) is 3.19. The van der Waals surface area contributed by atoms with Crippen LogP contribution in [0.5, 0.6) is 5.75 Å². The number of fused-ring (bicyclic) bond motifs is 2. The van der Waals surface area contributed by atoms with Gasteiger partial charge in [-0.15, -0.1) is 0 Å². The topological polar surface area (TPSA) is 32.3 Å². The summed E-state index contributed by atoms with van der Waals surface area (Å²) in [5, 5.41) is 13.5. The van der Waals surface area contributed by atoms with Crippen molar-refractivity contribution >= 4 is 0 Å². The number of phenolic OH excluding ortho intramolecular Hbond substituents is 1. The smallest absolute Gasteiger partial charge is 0.115 e. The molecule has 2 heteroatoms. The lowest BCUT2D eigenvalue weighted by molar-refractivity contribution is 0.399. The van der Waals surface area contributed by atoms with E-state index in [1.165, 1.54) is 35.1 Å². The van der Waals surface area contributed by atoms with Gasteiger partial charge in [0.15, 0.2) is 0 Å². The number of phenols is 1. The van der Waals surface area contributed by atoms with Gasteiger partial charge in [0, 0.05) is 12.1 Å². The number of aryl methyl sites for hydroxylation is 1. The molecule has 2 aromatic rings. The van der Waals surface area contributed by atoms with Crippen molar-refractivity contribution in [2.24, 2.45) is 0 Å². The van der Waals surface area contributed by atoms with E-state index in [0.717, 1.165) is 19.3 Å². The molecule has 0 aromatic heterocycles. The molecule has 0 spiro atoms. The number of benzene rings is 2. The summed E-state index contributed by atoms with van der Waals surface area (Å²) in [6, 6.07) is 15.6. The minimum Gasteiger partial charge on any atom is -0.508 e. The summed E-state index contributed by atoms with van der Waals surface area (Å²) < 4.78 is 0. The van der Waals surface area contributed by atoms with Crippen LogP contribution in [0.2, 0.25) is 0 Å². The minimum absolute atomic E-state index is 0.391. The van der Waals surface area contributed by atoms with E-state index in [1.807, 2.05) is 12.1 Å². The van der Waals surface area contributed by atoms with Gasteiger partial charge < -0.3 is 10.4 Å². The quantitative estimate of drug-likeness (QED) is 0.881. The maximum absolute atomic E-state index is 9.66. The normalized spacial score (nSPS) is 21.0. The van der Waals surface area contributed by atoms with Crippen LogP contribution in [0.4, 0.5) is 0 Å². The van der Waals surface area contributed by atoms with Crippen molar-refractivity contribution < 1.29 is 5.11 Å². The van der Waals surface area contributed by atoms with Gasteiger partial charge in [-0.1, -0.05) is 30.3 Å². The Bertz CT molecular complexity index is 639. The third-order valence-electron chi connectivity index (χ3n) is 4.93. The number of rotatable bonds is 2. The molecule has 2 N–H and O–H groups in total. The molecule has 0 saturated heterocycles. The summed E-state index contributed by atoms with van der Waals surface area (Å²) in [6.07, 6.45) is 5.77. The zero-order chi connectivity index (χ0) is 14.2. The lowest BCUT2D eigenvalue weighted by atomic mass is 9.87. The second-order valence-corrected chi connectivity index (χ2v) is 6.37. The molecule has 21 heavy (non-hydrogen) atoms. The number of nitrogens with one attached hydrogen (secondary N) is 1. The Morgan fingerprint density at radius 2 is 1.71 bits per heavy atom. The van der Waals surface area contributed by atoms with Crippen molar-refractivity contribution in [3.05, 3.63) is 64.7 Å². The van der Waals surface area contributed by atoms with Crippen LogP contribution in [-0.4, -0.2) is 11.1 Å². The third kappa shape index (κ3) is 2.44. The zero-order valence-electron chi connectivity index (χ0n) is 12.2. The molecule has 0 aliphatic heterocycles. The number of hydrogen-bond acceptors (Lipinski definition) is 2. The molecule has 2 aliphatic rings. The molecule has 0 heterocycles. The number of aromatic hydroxyl groups is 1. The van der Waals surface area contributed by atoms with Gasteiger partial charge in [0.25, 0.3) is 0 Å². The van der Waals surface area contributed by atoms with Crippen molar-refractivity contribution in [3.63, 3.8) is 0 Å². The van der Waals surface area contributed by atoms with E-state index in [0.29, 0.717) is 17.8 Å². The molecule has 108 valence electrons. The maximum atomic E-state index is 9.66. The highest BCUT2D eigenvalue weighted by Crippen LogP contribution is 2.33. The van der Waals surface area contributed by atoms with Crippen molar-refractivity contribution in [3.8, 4) is 5.75 Å². The van der Waals surface area contributed by atoms with Gasteiger partial charge in [0.2, 0.25) is 0 Å². The Morgan fingerprint density at radius 3 is 2.48 bits per heavy atom. The van der Waals surface area contributed by atoms with Crippen LogP contribution in [0.25, 0.3) is 0 Å². The highest BCUT2D eigenvalue weighted by molar-refractivity contribution is 5.39. The SMILES string of the molecule is Oc1ccc2c(c1)CCCC2NC1Cc2ccccc2C1. The van der Waals surface area contributed by atoms with E-state index in [-0.39, 0.29) is 0 Å². The highest BCUT2D eigenvalue weighted by atomic mass is 16.3. The summed E-state index contributed by atoms with van der Waals surface area (Å²) in [6.45, 7) is 0. The molecule has 0 amide bonds. The maximum Gasteiger partial charge on any atom is 0.115 e. The molecule has 1 atom stereocenters. The van der Waals surface area contributed by atoms with Crippen LogP contribution in [0.3, 0.4) is 0 Å². The summed E-state index contributed by atoms with van der Waals surface area (Å²) in [5.74, 6) is 0.391. The number of hydrogen-bond donors (Lipinski definition) is 2. The fraction of sp³-hybridized carbons (Fsp3) is 0.368. The molecule has 2 aliphatic carbocycles. The van der Waals surface area contributed by atoms with E-state index < -0.39 is 0 Å². The summed E-state index contributed by atoms with van der Waals surface area (Å²) in [5.41, 5.74) is 5.69. The zero-order valence-corrected chi connectivity index (χ0v) is 12.2. The monoisotopic (exact) mass is 279 g/mol. The van der Waals surface area contributed by atoms with Gasteiger partial charge in [0.05, 0.1) is 0 Å². The van der Waals surface area contributed by atoms with Gasteiger partial charge >= 0.3 is 0 Å². The Balaban J connectivity index is 1.53. The molecule has 1 unspecified atom stereocenters. The van der Waals surface area contributed by atoms with Gasteiger partial charge in [-0.2, -0.15) is 0 Å². The van der Waals surface area contributed by atoms with E-state index in [2.05, 4.69) is 35.6 Å². The fourth-order valence-electron chi connectivity index (χ4n) is 3.94. The molecule has 2 aromatic carbocycles. The molecule has 0 bridgehead atoms. The summed E-state index contributed by atoms with van der Waals surface area (Å²) in [4.78, 5) is 0.